The summed E-state index contributed by atoms with van der Waals surface area (Å²) in [4.78, 5) is 35.5. The lowest BCUT2D eigenvalue weighted by molar-refractivity contribution is -0.138. The van der Waals surface area contributed by atoms with Crippen LogP contribution in [0.25, 0.3) is 0 Å². The third-order valence-electron chi connectivity index (χ3n) is 5.04. The third kappa shape index (κ3) is 4.60. The van der Waals surface area contributed by atoms with Crippen LogP contribution in [0, 0.1) is 11.6 Å². The maximum absolute atomic E-state index is 14.6. The van der Waals surface area contributed by atoms with Gasteiger partial charge in [-0.3, -0.25) is 24.6 Å². The van der Waals surface area contributed by atoms with Crippen molar-refractivity contribution < 1.29 is 28.3 Å². The third-order valence-corrected chi connectivity index (χ3v) is 5.04. The molecule has 2 aliphatic rings. The molecule has 9 heteroatoms. The number of carboxylic acids is 1. The number of carbonyl (C=O) groups excluding carboxylic acids is 2. The van der Waals surface area contributed by atoms with Gasteiger partial charge in [-0.2, -0.15) is 0 Å². The standard InChI is InChI=1S/C18H21F2N3O4/c19-12-8-15(21-14-1-2-16(24)22-18(14)27)13(20)7-11(12)10-3-5-23(6-4-10)9-17(25)26/h7-8,10,14,21H,1-6,9H2,(H,25,26)(H,22,24,27). The van der Waals surface area contributed by atoms with Crippen LogP contribution in [0.1, 0.15) is 37.2 Å². The van der Waals surface area contributed by atoms with E-state index >= 15 is 0 Å². The molecule has 0 aliphatic carbocycles. The number of amides is 2. The SMILES string of the molecule is O=C(O)CN1CCC(c2cc(F)c(NC3CCC(=O)NC3=O)cc2F)CC1. The van der Waals surface area contributed by atoms with Crippen LogP contribution in [0.15, 0.2) is 12.1 Å². The Bertz CT molecular complexity index is 763. The van der Waals surface area contributed by atoms with Crippen molar-refractivity contribution in [2.75, 3.05) is 25.0 Å². The first-order chi connectivity index (χ1) is 12.8. The van der Waals surface area contributed by atoms with Crippen LogP contribution in [0.3, 0.4) is 0 Å². The second-order valence-corrected chi connectivity index (χ2v) is 6.95. The van der Waals surface area contributed by atoms with Gasteiger partial charge in [-0.1, -0.05) is 0 Å². The van der Waals surface area contributed by atoms with Gasteiger partial charge in [0.2, 0.25) is 11.8 Å². The normalized spacial score (nSPS) is 21.8. The van der Waals surface area contributed by atoms with E-state index in [2.05, 4.69) is 10.6 Å². The molecule has 0 spiro atoms. The van der Waals surface area contributed by atoms with Crippen LogP contribution >= 0.6 is 0 Å². The summed E-state index contributed by atoms with van der Waals surface area (Å²) in [6, 6.07) is 1.39. The van der Waals surface area contributed by atoms with E-state index in [4.69, 9.17) is 5.11 Å². The number of benzene rings is 1. The Labute approximate surface area is 154 Å². The zero-order valence-corrected chi connectivity index (χ0v) is 14.6. The van der Waals surface area contributed by atoms with Gasteiger partial charge in [-0.15, -0.1) is 0 Å². The van der Waals surface area contributed by atoms with Crippen molar-refractivity contribution in [3.05, 3.63) is 29.3 Å². The number of hydrogen-bond donors (Lipinski definition) is 3. The van der Waals surface area contributed by atoms with E-state index in [1.165, 1.54) is 0 Å². The molecule has 2 amide bonds. The molecule has 2 fully saturated rings. The molecule has 0 bridgehead atoms. The van der Waals surface area contributed by atoms with Crippen molar-refractivity contribution in [2.24, 2.45) is 0 Å². The lowest BCUT2D eigenvalue weighted by Crippen LogP contribution is -2.47. The summed E-state index contributed by atoms with van der Waals surface area (Å²) < 4.78 is 29.0. The average Bonchev–Trinajstić information content (AvgIpc) is 2.60. The van der Waals surface area contributed by atoms with Gasteiger partial charge in [-0.05, 0) is 49.9 Å². The Balaban J connectivity index is 1.67. The number of likely N-dealkylation sites (tertiary alicyclic amines) is 1. The zero-order chi connectivity index (χ0) is 19.6. The summed E-state index contributed by atoms with van der Waals surface area (Å²) >= 11 is 0. The van der Waals surface area contributed by atoms with E-state index in [0.717, 1.165) is 12.1 Å². The molecule has 1 aromatic carbocycles. The summed E-state index contributed by atoms with van der Waals surface area (Å²) in [5.41, 5.74) is 0.144. The lowest BCUT2D eigenvalue weighted by atomic mass is 9.88. The number of carbonyl (C=O) groups is 3. The second kappa shape index (κ2) is 7.99. The van der Waals surface area contributed by atoms with Crippen LogP contribution in [0.4, 0.5) is 14.5 Å². The fourth-order valence-corrected chi connectivity index (χ4v) is 3.60. The van der Waals surface area contributed by atoms with Gasteiger partial charge in [0.25, 0.3) is 0 Å². The molecular weight excluding hydrogens is 360 g/mol. The Kier molecular flexibility index (Phi) is 5.69. The molecule has 0 saturated carbocycles. The molecule has 2 saturated heterocycles. The minimum absolute atomic E-state index is 0.0572. The molecule has 27 heavy (non-hydrogen) atoms. The number of imide groups is 1. The van der Waals surface area contributed by atoms with Crippen molar-refractivity contribution >= 4 is 23.5 Å². The molecule has 3 rings (SSSR count). The highest BCUT2D eigenvalue weighted by Crippen LogP contribution is 2.32. The number of nitrogens with one attached hydrogen (secondary N) is 2. The Morgan fingerprint density at radius 2 is 1.89 bits per heavy atom. The van der Waals surface area contributed by atoms with Crippen LogP contribution in [0.5, 0.6) is 0 Å². The highest BCUT2D eigenvalue weighted by atomic mass is 19.1. The first-order valence-electron chi connectivity index (χ1n) is 8.87. The van der Waals surface area contributed by atoms with Gasteiger partial charge in [0.15, 0.2) is 0 Å². The van der Waals surface area contributed by atoms with Crippen LogP contribution in [-0.2, 0) is 14.4 Å². The van der Waals surface area contributed by atoms with Crippen LogP contribution in [0.2, 0.25) is 0 Å². The maximum atomic E-state index is 14.6. The van der Waals surface area contributed by atoms with E-state index in [1.54, 1.807) is 4.90 Å². The fourth-order valence-electron chi connectivity index (χ4n) is 3.60. The number of aliphatic carboxylic acids is 1. The second-order valence-electron chi connectivity index (χ2n) is 6.95. The fraction of sp³-hybridized carbons (Fsp3) is 0.500. The summed E-state index contributed by atoms with van der Waals surface area (Å²) in [5, 5.41) is 13.6. The van der Waals surface area contributed by atoms with E-state index in [9.17, 15) is 23.2 Å². The Morgan fingerprint density at radius 3 is 2.52 bits per heavy atom. The Morgan fingerprint density at radius 1 is 1.19 bits per heavy atom. The molecule has 7 nitrogen and oxygen atoms in total. The van der Waals surface area contributed by atoms with Crippen molar-refractivity contribution in [2.45, 2.75) is 37.6 Å². The topological polar surface area (TPSA) is 98.7 Å². The molecule has 1 atom stereocenters. The average molecular weight is 381 g/mol. The predicted molar refractivity (Wildman–Crippen MR) is 92.2 cm³/mol. The van der Waals surface area contributed by atoms with Crippen molar-refractivity contribution in [3.63, 3.8) is 0 Å². The molecule has 146 valence electrons. The van der Waals surface area contributed by atoms with Crippen LogP contribution < -0.4 is 10.6 Å². The van der Waals surface area contributed by atoms with E-state index in [1.807, 2.05) is 0 Å². The number of hydrogen-bond acceptors (Lipinski definition) is 5. The summed E-state index contributed by atoms with van der Waals surface area (Å²) in [6.45, 7) is 0.959. The quantitative estimate of drug-likeness (QED) is 0.668. The number of anilines is 1. The number of nitrogens with zero attached hydrogens (tertiary/aromatic N) is 1. The van der Waals surface area contributed by atoms with Crippen molar-refractivity contribution in [3.8, 4) is 0 Å². The molecular formula is C18H21F2N3O4. The van der Waals surface area contributed by atoms with Gasteiger partial charge in [0.1, 0.15) is 17.7 Å². The van der Waals surface area contributed by atoms with Crippen molar-refractivity contribution in [1.82, 2.24) is 10.2 Å². The van der Waals surface area contributed by atoms with Gasteiger partial charge < -0.3 is 10.4 Å². The van der Waals surface area contributed by atoms with Gasteiger partial charge in [0.05, 0.1) is 12.2 Å². The van der Waals surface area contributed by atoms with Gasteiger partial charge in [-0.25, -0.2) is 8.78 Å². The molecule has 1 aromatic rings. The molecule has 2 heterocycles. The minimum atomic E-state index is -0.908. The highest BCUT2D eigenvalue weighted by Gasteiger charge is 2.29. The number of carboxylic acid groups (broad SMARTS) is 1. The van der Waals surface area contributed by atoms with Crippen LogP contribution in [-0.4, -0.2) is 53.5 Å². The van der Waals surface area contributed by atoms with E-state index in [-0.39, 0.29) is 42.5 Å². The number of rotatable bonds is 5. The van der Waals surface area contributed by atoms with Gasteiger partial charge >= 0.3 is 5.97 Å². The minimum Gasteiger partial charge on any atom is -0.480 e. The van der Waals surface area contributed by atoms with E-state index < -0.39 is 29.6 Å². The smallest absolute Gasteiger partial charge is 0.317 e. The number of halogens is 2. The molecule has 2 aliphatic heterocycles. The summed E-state index contributed by atoms with van der Waals surface area (Å²) in [5.74, 6) is -3.26. The largest absolute Gasteiger partial charge is 0.480 e. The maximum Gasteiger partial charge on any atom is 0.317 e. The molecule has 0 aromatic heterocycles. The first-order valence-corrected chi connectivity index (χ1v) is 8.87. The molecule has 1 unspecified atom stereocenters. The van der Waals surface area contributed by atoms with Gasteiger partial charge in [0, 0.05) is 12.5 Å². The summed E-state index contributed by atoms with van der Waals surface area (Å²) in [6.07, 6.45) is 1.45. The predicted octanol–water partition coefficient (Wildman–Crippen LogP) is 1.45. The Hall–Kier alpha value is -2.55. The number of piperidine rings is 2. The zero-order valence-electron chi connectivity index (χ0n) is 14.6. The van der Waals surface area contributed by atoms with Crippen molar-refractivity contribution in [1.29, 1.82) is 0 Å². The molecule has 0 radical (unpaired) electrons. The summed E-state index contributed by atoms with van der Waals surface area (Å²) in [7, 11) is 0. The van der Waals surface area contributed by atoms with E-state index in [0.29, 0.717) is 25.9 Å². The lowest BCUT2D eigenvalue weighted by Gasteiger charge is -2.31. The monoisotopic (exact) mass is 381 g/mol. The molecule has 3 N–H and O–H groups in total. The highest BCUT2D eigenvalue weighted by molar-refractivity contribution is 6.01. The first kappa shape index (κ1) is 19.2.